The van der Waals surface area contributed by atoms with Crippen LogP contribution >= 0.6 is 0 Å². The summed E-state index contributed by atoms with van der Waals surface area (Å²) in [6.45, 7) is 0. The van der Waals surface area contributed by atoms with E-state index in [1.54, 1.807) is 0 Å². The van der Waals surface area contributed by atoms with Gasteiger partial charge < -0.3 is 9.47 Å². The smallest absolute Gasteiger partial charge is 0.323 e. The zero-order chi connectivity index (χ0) is 10.9. The Balaban J connectivity index is 2.76. The number of hydrogen-bond donors (Lipinski definition) is 0. The number of rotatable bonds is 2. The Labute approximate surface area is 79.2 Å². The van der Waals surface area contributed by atoms with Crippen molar-refractivity contribution in [3.63, 3.8) is 0 Å². The summed E-state index contributed by atoms with van der Waals surface area (Å²) in [5.74, 6) is -6.25. The van der Waals surface area contributed by atoms with Gasteiger partial charge in [0.25, 0.3) is 0 Å². The van der Waals surface area contributed by atoms with Crippen molar-refractivity contribution in [2.45, 2.75) is 0 Å². The van der Waals surface area contributed by atoms with Gasteiger partial charge in [-0.3, -0.25) is 19.2 Å². The van der Waals surface area contributed by atoms with Gasteiger partial charge in [-0.1, -0.05) is 0 Å². The Morgan fingerprint density at radius 2 is 1.21 bits per heavy atom. The normalized spacial score (nSPS) is 25.3. The van der Waals surface area contributed by atoms with Gasteiger partial charge in [0, 0.05) is 0 Å². The summed E-state index contributed by atoms with van der Waals surface area (Å²) in [6.07, 6.45) is 0. The number of methoxy groups -OCH3 is 2. The largest absolute Gasteiger partial charge is 0.468 e. The molecule has 6 nitrogen and oxygen atoms in total. The fourth-order valence-electron chi connectivity index (χ4n) is 1.22. The van der Waals surface area contributed by atoms with Gasteiger partial charge in [-0.25, -0.2) is 0 Å². The van der Waals surface area contributed by atoms with Gasteiger partial charge in [0.2, 0.25) is 0 Å². The predicted octanol–water partition coefficient (Wildman–Crippen LogP) is -1.28. The molecule has 0 atom stereocenters. The first-order valence-corrected chi connectivity index (χ1v) is 3.77. The summed E-state index contributed by atoms with van der Waals surface area (Å²) in [7, 11) is 2.13. The van der Waals surface area contributed by atoms with Crippen LogP contribution in [0.15, 0.2) is 0 Å². The first-order valence-electron chi connectivity index (χ1n) is 3.77. The van der Waals surface area contributed by atoms with Crippen LogP contribution in [0.3, 0.4) is 0 Å². The van der Waals surface area contributed by atoms with Crippen LogP contribution in [-0.2, 0) is 28.7 Å². The van der Waals surface area contributed by atoms with Gasteiger partial charge in [-0.05, 0) is 0 Å². The van der Waals surface area contributed by atoms with Crippen molar-refractivity contribution in [2.75, 3.05) is 14.2 Å². The van der Waals surface area contributed by atoms with Crippen LogP contribution in [0, 0.1) is 11.8 Å². The molecule has 1 saturated carbocycles. The minimum absolute atomic E-state index is 0.756. The third-order valence-electron chi connectivity index (χ3n) is 2.01. The third kappa shape index (κ3) is 1.28. The molecule has 0 amide bonds. The second-order valence-corrected chi connectivity index (χ2v) is 2.72. The maximum absolute atomic E-state index is 11.2. The van der Waals surface area contributed by atoms with Gasteiger partial charge in [0.05, 0.1) is 14.2 Å². The molecule has 0 radical (unpaired) electrons. The Bertz CT molecular complexity index is 274. The summed E-state index contributed by atoms with van der Waals surface area (Å²) in [5.41, 5.74) is 0. The lowest BCUT2D eigenvalue weighted by atomic mass is 9.72. The highest BCUT2D eigenvalue weighted by atomic mass is 16.5. The molecule has 14 heavy (non-hydrogen) atoms. The maximum atomic E-state index is 11.2. The van der Waals surface area contributed by atoms with Crippen molar-refractivity contribution in [3.8, 4) is 0 Å². The molecule has 6 heteroatoms. The standard InChI is InChI=1S/C8H8O6/c1-13-7(11)3-5(9)4(6(3)10)8(12)14-2/h3-4H,1-2H3. The number of ether oxygens (including phenoxy) is 2. The van der Waals surface area contributed by atoms with Crippen LogP contribution in [0.25, 0.3) is 0 Å². The molecule has 0 unspecified atom stereocenters. The molecule has 0 N–H and O–H groups in total. The zero-order valence-electron chi connectivity index (χ0n) is 7.60. The monoisotopic (exact) mass is 200 g/mol. The third-order valence-corrected chi connectivity index (χ3v) is 2.01. The molecule has 1 rings (SSSR count). The van der Waals surface area contributed by atoms with Crippen molar-refractivity contribution in [2.24, 2.45) is 11.8 Å². The van der Waals surface area contributed by atoms with E-state index >= 15 is 0 Å². The second kappa shape index (κ2) is 3.57. The van der Waals surface area contributed by atoms with Gasteiger partial charge in [0.1, 0.15) is 0 Å². The highest BCUT2D eigenvalue weighted by Gasteiger charge is 2.58. The zero-order valence-corrected chi connectivity index (χ0v) is 7.60. The maximum Gasteiger partial charge on any atom is 0.323 e. The molecular formula is C8H8O6. The number of carbonyl (C=O) groups excluding carboxylic acids is 4. The van der Waals surface area contributed by atoms with Crippen molar-refractivity contribution in [1.29, 1.82) is 0 Å². The van der Waals surface area contributed by atoms with E-state index in [9.17, 15) is 19.2 Å². The van der Waals surface area contributed by atoms with Crippen LogP contribution in [0.1, 0.15) is 0 Å². The van der Waals surface area contributed by atoms with E-state index in [0.29, 0.717) is 0 Å². The fraction of sp³-hybridized carbons (Fsp3) is 0.500. The highest BCUT2D eigenvalue weighted by Crippen LogP contribution is 2.27. The molecule has 0 aromatic rings. The number of carbonyl (C=O) groups is 4. The van der Waals surface area contributed by atoms with Crippen LogP contribution in [0.2, 0.25) is 0 Å². The Morgan fingerprint density at radius 3 is 1.43 bits per heavy atom. The molecule has 0 bridgehead atoms. The van der Waals surface area contributed by atoms with Crippen LogP contribution in [0.5, 0.6) is 0 Å². The van der Waals surface area contributed by atoms with E-state index in [1.807, 2.05) is 0 Å². The Hall–Kier alpha value is -1.72. The molecule has 0 saturated heterocycles. The van der Waals surface area contributed by atoms with Crippen molar-refractivity contribution < 1.29 is 28.7 Å². The molecule has 0 aromatic heterocycles. The van der Waals surface area contributed by atoms with E-state index in [-0.39, 0.29) is 0 Å². The van der Waals surface area contributed by atoms with Crippen LogP contribution in [0.4, 0.5) is 0 Å². The molecule has 1 aliphatic carbocycles. The highest BCUT2D eigenvalue weighted by molar-refractivity contribution is 6.40. The number of esters is 2. The van der Waals surface area contributed by atoms with Gasteiger partial charge in [-0.15, -0.1) is 0 Å². The minimum Gasteiger partial charge on any atom is -0.468 e. The van der Waals surface area contributed by atoms with E-state index < -0.39 is 35.3 Å². The summed E-state index contributed by atoms with van der Waals surface area (Å²) in [4.78, 5) is 44.0. The topological polar surface area (TPSA) is 86.7 Å². The minimum atomic E-state index is -1.44. The lowest BCUT2D eigenvalue weighted by Crippen LogP contribution is -2.56. The van der Waals surface area contributed by atoms with E-state index in [4.69, 9.17) is 0 Å². The summed E-state index contributed by atoms with van der Waals surface area (Å²) >= 11 is 0. The van der Waals surface area contributed by atoms with E-state index in [1.165, 1.54) is 0 Å². The Morgan fingerprint density at radius 1 is 0.929 bits per heavy atom. The van der Waals surface area contributed by atoms with E-state index in [0.717, 1.165) is 14.2 Å². The van der Waals surface area contributed by atoms with Gasteiger partial charge >= 0.3 is 11.9 Å². The van der Waals surface area contributed by atoms with Gasteiger partial charge in [0.15, 0.2) is 23.4 Å². The number of Topliss-reactive ketones (excluding diaryl/α,β-unsaturated/α-hetero) is 2. The van der Waals surface area contributed by atoms with Crippen molar-refractivity contribution in [3.05, 3.63) is 0 Å². The fourth-order valence-corrected chi connectivity index (χ4v) is 1.22. The molecule has 1 fully saturated rings. The summed E-state index contributed by atoms with van der Waals surface area (Å²) in [6, 6.07) is 0. The molecular weight excluding hydrogens is 192 g/mol. The van der Waals surface area contributed by atoms with Crippen LogP contribution in [-0.4, -0.2) is 37.7 Å². The number of ketones is 2. The lowest BCUT2D eigenvalue weighted by molar-refractivity contribution is -0.169. The SMILES string of the molecule is COC(=O)C1C(=O)C(C(=O)OC)C1=O. The predicted molar refractivity (Wildman–Crippen MR) is 41.0 cm³/mol. The van der Waals surface area contributed by atoms with E-state index in [2.05, 4.69) is 9.47 Å². The van der Waals surface area contributed by atoms with Crippen molar-refractivity contribution >= 4 is 23.5 Å². The quantitative estimate of drug-likeness (QED) is 0.407. The average Bonchev–Trinajstić information content (AvgIpc) is 2.17. The summed E-state index contributed by atoms with van der Waals surface area (Å²) in [5, 5.41) is 0. The lowest BCUT2D eigenvalue weighted by Gasteiger charge is -2.27. The Kier molecular flexibility index (Phi) is 2.64. The second-order valence-electron chi connectivity index (χ2n) is 2.72. The summed E-state index contributed by atoms with van der Waals surface area (Å²) < 4.78 is 8.45. The van der Waals surface area contributed by atoms with Gasteiger partial charge in [-0.2, -0.15) is 0 Å². The number of hydrogen-bond acceptors (Lipinski definition) is 6. The molecule has 0 spiro atoms. The first kappa shape index (κ1) is 10.4. The molecule has 0 aromatic carbocycles. The first-order chi connectivity index (χ1) is 6.54. The van der Waals surface area contributed by atoms with Crippen molar-refractivity contribution in [1.82, 2.24) is 0 Å². The molecule has 0 aliphatic heterocycles. The molecule has 1 aliphatic rings. The molecule has 76 valence electrons. The van der Waals surface area contributed by atoms with Crippen LogP contribution < -0.4 is 0 Å². The average molecular weight is 200 g/mol. The molecule has 0 heterocycles.